The van der Waals surface area contributed by atoms with E-state index >= 15 is 0 Å². The number of amides is 1. The van der Waals surface area contributed by atoms with Crippen LogP contribution in [0.5, 0.6) is 0 Å². The first kappa shape index (κ1) is 11.8. The fourth-order valence-electron chi connectivity index (χ4n) is 1.36. The summed E-state index contributed by atoms with van der Waals surface area (Å²) < 4.78 is 4.99. The van der Waals surface area contributed by atoms with Crippen molar-refractivity contribution in [2.75, 3.05) is 5.32 Å². The molecule has 2 rings (SSSR count). The first-order valence-corrected chi connectivity index (χ1v) is 4.99. The Balaban J connectivity index is 2.28. The topological polar surface area (TPSA) is 105 Å². The zero-order valence-electron chi connectivity index (χ0n) is 9.38. The summed E-state index contributed by atoms with van der Waals surface area (Å²) in [5.74, 6) is -1.85. The molecule has 0 radical (unpaired) electrons. The van der Waals surface area contributed by atoms with Gasteiger partial charge in [-0.3, -0.25) is 4.79 Å². The van der Waals surface area contributed by atoms with Crippen molar-refractivity contribution >= 4 is 17.7 Å². The van der Waals surface area contributed by atoms with Gasteiger partial charge in [-0.05, 0) is 13.0 Å². The number of nitrogens with one attached hydrogen (secondary N) is 1. The third-order valence-corrected chi connectivity index (χ3v) is 2.20. The van der Waals surface area contributed by atoms with E-state index in [1.54, 1.807) is 13.0 Å². The summed E-state index contributed by atoms with van der Waals surface area (Å²) in [6.45, 7) is 1.70. The van der Waals surface area contributed by atoms with E-state index in [1.807, 2.05) is 0 Å². The van der Waals surface area contributed by atoms with Crippen molar-refractivity contribution in [3.8, 4) is 0 Å². The van der Waals surface area contributed by atoms with Crippen LogP contribution in [0, 0.1) is 6.92 Å². The second kappa shape index (κ2) is 4.66. The Bertz CT molecular complexity index is 606. The van der Waals surface area contributed by atoms with Gasteiger partial charge >= 0.3 is 5.97 Å². The fraction of sp³-hybridized carbons (Fsp3) is 0.0909. The number of carbonyl (C=O) groups is 2. The minimum absolute atomic E-state index is 0.108. The zero-order valence-corrected chi connectivity index (χ0v) is 9.38. The van der Waals surface area contributed by atoms with Crippen LogP contribution in [-0.2, 0) is 0 Å². The van der Waals surface area contributed by atoms with Crippen LogP contribution in [-0.4, -0.2) is 27.0 Å². The lowest BCUT2D eigenvalue weighted by molar-refractivity contribution is 0.0691. The van der Waals surface area contributed by atoms with Crippen molar-refractivity contribution in [1.29, 1.82) is 0 Å². The van der Waals surface area contributed by atoms with Crippen molar-refractivity contribution in [3.05, 3.63) is 41.7 Å². The van der Waals surface area contributed by atoms with Gasteiger partial charge in [0.2, 0.25) is 0 Å². The van der Waals surface area contributed by atoms with Gasteiger partial charge in [-0.1, -0.05) is 0 Å². The molecular weight excluding hydrogens is 238 g/mol. The Morgan fingerprint density at radius 3 is 2.67 bits per heavy atom. The lowest BCUT2D eigenvalue weighted by Gasteiger charge is -2.04. The Labute approximate surface area is 101 Å². The molecule has 2 N–H and O–H groups in total. The van der Waals surface area contributed by atoms with E-state index in [9.17, 15) is 9.59 Å². The predicted molar refractivity (Wildman–Crippen MR) is 60.4 cm³/mol. The number of hydrogen-bond donors (Lipinski definition) is 2. The monoisotopic (exact) mass is 247 g/mol. The van der Waals surface area contributed by atoms with Gasteiger partial charge < -0.3 is 14.8 Å². The number of furan rings is 1. The third kappa shape index (κ3) is 2.19. The number of aryl methyl sites for hydroxylation is 1. The first-order valence-electron chi connectivity index (χ1n) is 4.99. The van der Waals surface area contributed by atoms with E-state index < -0.39 is 11.9 Å². The quantitative estimate of drug-likeness (QED) is 0.847. The number of hydrogen-bond acceptors (Lipinski definition) is 5. The molecule has 0 aliphatic carbocycles. The number of anilines is 1. The molecule has 7 nitrogen and oxygen atoms in total. The van der Waals surface area contributed by atoms with Crippen LogP contribution < -0.4 is 5.32 Å². The minimum Gasteiger partial charge on any atom is -0.476 e. The standard InChI is InChI=1S/C11H9N3O4/c1-6-2-5-18-8(6)10(15)14-9-7(11(16)17)12-3-4-13-9/h2-5H,1H3,(H,16,17)(H,13,14,15). The van der Waals surface area contributed by atoms with Gasteiger partial charge in [0.05, 0.1) is 6.26 Å². The molecule has 2 heterocycles. The molecule has 0 saturated carbocycles. The molecule has 1 amide bonds. The van der Waals surface area contributed by atoms with Gasteiger partial charge in [0.1, 0.15) is 0 Å². The second-order valence-corrected chi connectivity index (χ2v) is 3.45. The van der Waals surface area contributed by atoms with Crippen molar-refractivity contribution in [1.82, 2.24) is 9.97 Å². The van der Waals surface area contributed by atoms with Gasteiger partial charge in [0.25, 0.3) is 5.91 Å². The highest BCUT2D eigenvalue weighted by molar-refractivity contribution is 6.05. The maximum Gasteiger partial charge on any atom is 0.358 e. The van der Waals surface area contributed by atoms with E-state index in [0.29, 0.717) is 5.56 Å². The van der Waals surface area contributed by atoms with Crippen LogP contribution in [0.4, 0.5) is 5.82 Å². The highest BCUT2D eigenvalue weighted by Crippen LogP contribution is 2.13. The first-order chi connectivity index (χ1) is 8.59. The number of carboxylic acids is 1. The van der Waals surface area contributed by atoms with Crippen LogP contribution in [0.25, 0.3) is 0 Å². The summed E-state index contributed by atoms with van der Waals surface area (Å²) in [5.41, 5.74) is 0.323. The van der Waals surface area contributed by atoms with Crippen molar-refractivity contribution in [2.24, 2.45) is 0 Å². The molecule has 2 aromatic rings. The van der Waals surface area contributed by atoms with Crippen LogP contribution in [0.1, 0.15) is 26.6 Å². The largest absolute Gasteiger partial charge is 0.476 e. The van der Waals surface area contributed by atoms with Gasteiger partial charge in [-0.25, -0.2) is 14.8 Å². The zero-order chi connectivity index (χ0) is 13.1. The Morgan fingerprint density at radius 1 is 1.33 bits per heavy atom. The van der Waals surface area contributed by atoms with Gasteiger partial charge in [-0.15, -0.1) is 0 Å². The van der Waals surface area contributed by atoms with Crippen LogP contribution in [0.3, 0.4) is 0 Å². The van der Waals surface area contributed by atoms with Crippen molar-refractivity contribution in [3.63, 3.8) is 0 Å². The summed E-state index contributed by atoms with van der Waals surface area (Å²) in [6.07, 6.45) is 3.90. The van der Waals surface area contributed by atoms with Crippen LogP contribution in [0.15, 0.2) is 29.1 Å². The maximum atomic E-state index is 11.8. The van der Waals surface area contributed by atoms with Gasteiger partial charge in [0.15, 0.2) is 17.3 Å². The SMILES string of the molecule is Cc1ccoc1C(=O)Nc1nccnc1C(=O)O. The number of carboxylic acid groups (broad SMARTS) is 1. The highest BCUT2D eigenvalue weighted by Gasteiger charge is 2.18. The molecule has 0 saturated heterocycles. The fourth-order valence-corrected chi connectivity index (χ4v) is 1.36. The molecule has 92 valence electrons. The van der Waals surface area contributed by atoms with Crippen molar-refractivity contribution < 1.29 is 19.1 Å². The Kier molecular flexibility index (Phi) is 3.05. The normalized spacial score (nSPS) is 10.1. The summed E-state index contributed by atoms with van der Waals surface area (Å²) >= 11 is 0. The van der Waals surface area contributed by atoms with E-state index in [-0.39, 0.29) is 17.3 Å². The number of aromatic carboxylic acids is 1. The summed E-state index contributed by atoms with van der Waals surface area (Å²) in [7, 11) is 0. The average Bonchev–Trinajstić information content (AvgIpc) is 2.76. The molecule has 0 atom stereocenters. The molecule has 18 heavy (non-hydrogen) atoms. The van der Waals surface area contributed by atoms with Gasteiger partial charge in [-0.2, -0.15) is 0 Å². The molecule has 0 aliphatic heterocycles. The second-order valence-electron chi connectivity index (χ2n) is 3.45. The molecule has 0 spiro atoms. The van der Waals surface area contributed by atoms with Crippen LogP contribution >= 0.6 is 0 Å². The molecule has 0 aromatic carbocycles. The number of aromatic nitrogens is 2. The summed E-state index contributed by atoms with van der Waals surface area (Å²) in [5, 5.41) is 11.2. The van der Waals surface area contributed by atoms with Gasteiger partial charge in [0, 0.05) is 18.0 Å². The van der Waals surface area contributed by atoms with Crippen molar-refractivity contribution in [2.45, 2.75) is 6.92 Å². The lowest BCUT2D eigenvalue weighted by Crippen LogP contribution is -2.17. The molecule has 0 unspecified atom stereocenters. The summed E-state index contributed by atoms with van der Waals surface area (Å²) in [6, 6.07) is 1.63. The van der Waals surface area contributed by atoms with E-state index in [2.05, 4.69) is 15.3 Å². The third-order valence-electron chi connectivity index (χ3n) is 2.20. The predicted octanol–water partition coefficient (Wildman–Crippen LogP) is 1.33. The molecule has 0 aliphatic rings. The molecule has 0 bridgehead atoms. The maximum absolute atomic E-state index is 11.8. The highest BCUT2D eigenvalue weighted by atomic mass is 16.4. The minimum atomic E-state index is -1.27. The average molecular weight is 247 g/mol. The molecule has 0 fully saturated rings. The molecule has 7 heteroatoms. The van der Waals surface area contributed by atoms with Crippen LogP contribution in [0.2, 0.25) is 0 Å². The summed E-state index contributed by atoms with van der Waals surface area (Å²) in [4.78, 5) is 30.1. The Morgan fingerprint density at radius 2 is 2.06 bits per heavy atom. The smallest absolute Gasteiger partial charge is 0.358 e. The Hall–Kier alpha value is -2.70. The van der Waals surface area contributed by atoms with E-state index in [0.717, 1.165) is 0 Å². The lowest BCUT2D eigenvalue weighted by atomic mass is 10.2. The molecular formula is C11H9N3O4. The number of nitrogens with zero attached hydrogens (tertiary/aromatic N) is 2. The van der Waals surface area contributed by atoms with E-state index in [1.165, 1.54) is 18.7 Å². The number of carbonyl (C=O) groups excluding carboxylic acids is 1. The molecule has 2 aromatic heterocycles. The number of rotatable bonds is 3. The van der Waals surface area contributed by atoms with E-state index in [4.69, 9.17) is 9.52 Å².